The Morgan fingerprint density at radius 1 is 1.18 bits per heavy atom. The largest absolute Gasteiger partial charge is 0.748 e. The normalized spacial score (nSPS) is 15.1. The predicted molar refractivity (Wildman–Crippen MR) is 151 cm³/mol. The van der Waals surface area contributed by atoms with Crippen LogP contribution >= 0.6 is 30.9 Å². The van der Waals surface area contributed by atoms with E-state index >= 15 is 0 Å². The molecule has 2 heterocycles. The Balaban J connectivity index is 1.60. The van der Waals surface area contributed by atoms with Crippen LogP contribution < -0.4 is 9.47 Å². The van der Waals surface area contributed by atoms with Gasteiger partial charge in [0.05, 0.1) is 33.5 Å². The monoisotopic (exact) mass is 608 g/mol. The van der Waals surface area contributed by atoms with Crippen LogP contribution in [0.4, 0.5) is 5.69 Å². The van der Waals surface area contributed by atoms with Gasteiger partial charge in [0.25, 0.3) is 5.01 Å². The Morgan fingerprint density at radius 3 is 2.69 bits per heavy atom. The van der Waals surface area contributed by atoms with Crippen molar-refractivity contribution in [1.29, 1.82) is 0 Å². The third-order valence-electron chi connectivity index (χ3n) is 6.27. The van der Waals surface area contributed by atoms with Crippen molar-refractivity contribution < 1.29 is 41.5 Å². The van der Waals surface area contributed by atoms with Gasteiger partial charge in [-0.25, -0.2) is 13.0 Å². The van der Waals surface area contributed by atoms with E-state index in [1.165, 1.54) is 23.1 Å². The zero-order chi connectivity index (χ0) is 27.9. The van der Waals surface area contributed by atoms with Crippen LogP contribution in [0, 0.1) is 6.92 Å². The number of anilines is 1. The Kier molecular flexibility index (Phi) is 7.79. The fraction of sp³-hybridized carbons (Fsp3) is 0.240. The zero-order valence-electron chi connectivity index (χ0n) is 20.7. The van der Waals surface area contributed by atoms with E-state index in [0.29, 0.717) is 17.8 Å². The Hall–Kier alpha value is -2.48. The molecule has 3 aromatic carbocycles. The van der Waals surface area contributed by atoms with E-state index in [1.807, 2.05) is 58.0 Å². The van der Waals surface area contributed by atoms with E-state index in [0.717, 1.165) is 35.9 Å². The highest BCUT2D eigenvalue weighted by molar-refractivity contribution is 8.04. The average molecular weight is 609 g/mol. The van der Waals surface area contributed by atoms with Gasteiger partial charge in [0.15, 0.2) is 6.54 Å². The molecule has 0 aliphatic carbocycles. The summed E-state index contributed by atoms with van der Waals surface area (Å²) in [6.45, 7) is 1.95. The number of aryl methyl sites for hydroxylation is 2. The first-order chi connectivity index (χ1) is 18.4. The smallest absolute Gasteiger partial charge is 0.469 e. The molecule has 1 aromatic heterocycles. The molecule has 0 saturated carbocycles. The van der Waals surface area contributed by atoms with Crippen LogP contribution in [-0.2, 0) is 25.8 Å². The molecule has 10 nitrogen and oxygen atoms in total. The van der Waals surface area contributed by atoms with Crippen LogP contribution in [0.15, 0.2) is 58.5 Å². The molecule has 0 saturated heterocycles. The van der Waals surface area contributed by atoms with Crippen molar-refractivity contribution in [3.8, 4) is 5.75 Å². The maximum Gasteiger partial charge on any atom is 0.469 e. The third-order valence-corrected chi connectivity index (χ3v) is 9.85. The van der Waals surface area contributed by atoms with E-state index < -0.39 is 23.7 Å². The lowest BCUT2D eigenvalue weighted by Crippen LogP contribution is -2.36. The summed E-state index contributed by atoms with van der Waals surface area (Å²) in [5, 5.41) is 14.0. The number of aromatic nitrogens is 1. The standard InChI is InChI=1S/C25H25N2O8PS3/c1-16-13-22-20(14-21(16)28)27(10-11-35-36(29,30)31)23(37-22)15-24-26(9-4-12-39(32,33)34)19-8-7-17-5-2-3-6-18(17)25(19)38-24/h2-3,5-8,13-15H,4,9-12H2,1H3,(H3-,28,29,30,31,32,33,34). The molecule has 3 N–H and O–H groups in total. The molecule has 0 bridgehead atoms. The summed E-state index contributed by atoms with van der Waals surface area (Å²) in [4.78, 5) is 21.0. The quantitative estimate of drug-likeness (QED) is 0.142. The maximum absolute atomic E-state index is 11.3. The second kappa shape index (κ2) is 10.8. The molecular weight excluding hydrogens is 583 g/mol. The van der Waals surface area contributed by atoms with Crippen LogP contribution in [-0.4, -0.2) is 46.8 Å². The van der Waals surface area contributed by atoms with Gasteiger partial charge in [0.2, 0.25) is 5.52 Å². The van der Waals surface area contributed by atoms with Gasteiger partial charge in [-0.1, -0.05) is 47.4 Å². The lowest BCUT2D eigenvalue weighted by atomic mass is 10.1. The van der Waals surface area contributed by atoms with Gasteiger partial charge in [0, 0.05) is 41.1 Å². The van der Waals surface area contributed by atoms with Crippen molar-refractivity contribution in [3.05, 3.63) is 64.1 Å². The topological polar surface area (TPSA) is 151 Å². The number of rotatable bonds is 9. The van der Waals surface area contributed by atoms with Gasteiger partial charge in [-0.05, 0) is 30.0 Å². The minimum Gasteiger partial charge on any atom is -0.748 e. The number of hydrogen-bond donors (Lipinski definition) is 3. The van der Waals surface area contributed by atoms with Gasteiger partial charge in [-0.2, -0.15) is 4.57 Å². The summed E-state index contributed by atoms with van der Waals surface area (Å²) in [6.07, 6.45) is 2.07. The highest BCUT2D eigenvalue weighted by Gasteiger charge is 2.30. The SMILES string of the molecule is Cc1cc2c(cc1O)N(CCOP(=O)(O)O)C(=Cc1sc3c4ccccc4ccc3[n+]1CCCS(=O)(=O)[O-])S2. The second-order valence-electron chi connectivity index (χ2n) is 9.01. The molecule has 0 radical (unpaired) electrons. The highest BCUT2D eigenvalue weighted by Crippen LogP contribution is 2.49. The summed E-state index contributed by atoms with van der Waals surface area (Å²) >= 11 is 2.97. The number of phosphoric acid groups is 1. The molecular formula is C25H25N2O8PS3. The van der Waals surface area contributed by atoms with Crippen molar-refractivity contribution >= 4 is 73.8 Å². The van der Waals surface area contributed by atoms with Gasteiger partial charge < -0.3 is 24.3 Å². The second-order valence-corrected chi connectivity index (χ2v) is 13.9. The average Bonchev–Trinajstić information content (AvgIpc) is 3.36. The molecule has 0 spiro atoms. The highest BCUT2D eigenvalue weighted by atomic mass is 32.2. The number of aromatic hydroxyl groups is 1. The van der Waals surface area contributed by atoms with Crippen LogP contribution in [0.5, 0.6) is 5.75 Å². The maximum atomic E-state index is 11.3. The first-order valence-corrected chi connectivity index (χ1v) is 16.6. The number of benzene rings is 3. The van der Waals surface area contributed by atoms with Crippen LogP contribution in [0.2, 0.25) is 0 Å². The number of thioether (sulfide) groups is 1. The summed E-state index contributed by atoms with van der Waals surface area (Å²) in [6, 6.07) is 15.4. The lowest BCUT2D eigenvalue weighted by Gasteiger charge is -2.20. The number of phenolic OH excluding ortho intramolecular Hbond substituents is 1. The Labute approximate surface area is 233 Å². The molecule has 0 fully saturated rings. The zero-order valence-corrected chi connectivity index (χ0v) is 24.0. The number of fused-ring (bicyclic) bond motifs is 4. The van der Waals surface area contributed by atoms with Crippen molar-refractivity contribution in [2.75, 3.05) is 23.8 Å². The molecule has 14 heteroatoms. The third kappa shape index (κ3) is 6.31. The summed E-state index contributed by atoms with van der Waals surface area (Å²) in [5.74, 6) is -0.385. The van der Waals surface area contributed by atoms with E-state index in [1.54, 1.807) is 13.0 Å². The number of thiazole rings is 1. The minimum absolute atomic E-state index is 0.0960. The molecule has 206 valence electrons. The molecule has 0 amide bonds. The Bertz CT molecular complexity index is 1760. The molecule has 0 unspecified atom stereocenters. The van der Waals surface area contributed by atoms with E-state index in [9.17, 15) is 22.6 Å². The van der Waals surface area contributed by atoms with E-state index in [-0.39, 0.29) is 25.3 Å². The van der Waals surface area contributed by atoms with Crippen molar-refractivity contribution in [3.63, 3.8) is 0 Å². The molecule has 1 aliphatic rings. The van der Waals surface area contributed by atoms with Gasteiger partial charge in [-0.15, -0.1) is 0 Å². The number of nitrogens with zero attached hydrogens (tertiary/aromatic N) is 2. The predicted octanol–water partition coefficient (Wildman–Crippen LogP) is 4.31. The fourth-order valence-corrected chi connectivity index (χ4v) is 7.84. The van der Waals surface area contributed by atoms with Crippen LogP contribution in [0.3, 0.4) is 0 Å². The van der Waals surface area contributed by atoms with Gasteiger partial charge >= 0.3 is 7.82 Å². The fourth-order valence-electron chi connectivity index (χ4n) is 4.50. The first kappa shape index (κ1) is 28.1. The molecule has 39 heavy (non-hydrogen) atoms. The lowest BCUT2D eigenvalue weighted by molar-refractivity contribution is -0.668. The molecule has 1 aliphatic heterocycles. The number of phenols is 1. The van der Waals surface area contributed by atoms with Crippen molar-refractivity contribution in [2.24, 2.45) is 0 Å². The summed E-state index contributed by atoms with van der Waals surface area (Å²) < 4.78 is 52.8. The van der Waals surface area contributed by atoms with E-state index in [2.05, 4.69) is 0 Å². The van der Waals surface area contributed by atoms with Gasteiger partial charge in [0.1, 0.15) is 10.4 Å². The van der Waals surface area contributed by atoms with E-state index in [4.69, 9.17) is 14.3 Å². The number of phosphoric ester groups is 1. The summed E-state index contributed by atoms with van der Waals surface area (Å²) in [7, 11) is -9.03. The minimum atomic E-state index is -4.67. The van der Waals surface area contributed by atoms with Gasteiger partial charge in [-0.3, -0.25) is 4.52 Å². The summed E-state index contributed by atoms with van der Waals surface area (Å²) in [5.41, 5.74) is 2.27. The molecule has 0 atom stereocenters. The molecule has 5 rings (SSSR count). The van der Waals surface area contributed by atoms with Crippen molar-refractivity contribution in [1.82, 2.24) is 0 Å². The molecule has 4 aromatic rings. The van der Waals surface area contributed by atoms with Crippen LogP contribution in [0.1, 0.15) is 17.0 Å². The number of hydrogen-bond acceptors (Lipinski definition) is 9. The van der Waals surface area contributed by atoms with Crippen LogP contribution in [0.25, 0.3) is 27.1 Å². The Morgan fingerprint density at radius 2 is 1.95 bits per heavy atom. The first-order valence-electron chi connectivity index (χ1n) is 11.9. The van der Waals surface area contributed by atoms with Crippen molar-refractivity contribution in [2.45, 2.75) is 24.8 Å².